The average molecular weight is 384 g/mol. The third kappa shape index (κ3) is 5.05. The predicted octanol–water partition coefficient (Wildman–Crippen LogP) is 4.88. The fourth-order valence-electron chi connectivity index (χ4n) is 2.90. The number of carbonyl (C=O) groups excluding carboxylic acids is 1. The van der Waals surface area contributed by atoms with Crippen LogP contribution in [0.15, 0.2) is 52.4 Å². The highest BCUT2D eigenvalue weighted by Gasteiger charge is 2.17. The first-order valence-corrected chi connectivity index (χ1v) is 10.0. The van der Waals surface area contributed by atoms with Crippen molar-refractivity contribution in [1.29, 1.82) is 0 Å². The van der Waals surface area contributed by atoms with Crippen molar-refractivity contribution in [3.63, 3.8) is 0 Å². The lowest BCUT2D eigenvalue weighted by atomic mass is 9.95. The molecule has 0 saturated carbocycles. The van der Waals surface area contributed by atoms with Crippen molar-refractivity contribution in [3.05, 3.63) is 69.6 Å². The Balaban J connectivity index is 1.69. The molecule has 0 aliphatic heterocycles. The van der Waals surface area contributed by atoms with Crippen LogP contribution in [0.25, 0.3) is 0 Å². The van der Waals surface area contributed by atoms with Crippen LogP contribution >= 0.6 is 11.3 Å². The van der Waals surface area contributed by atoms with Gasteiger partial charge in [-0.25, -0.2) is 0 Å². The largest absolute Gasteiger partial charge is 0.360 e. The lowest BCUT2D eigenvalue weighted by Crippen LogP contribution is -2.31. The molecule has 2 heterocycles. The SMILES string of the molecule is CC[C@H](C)c1ccc([C@@H](NCC(=O)Nc2cc(C)on2)c2cccs2)cc1. The first kappa shape index (κ1) is 19.3. The molecule has 5 nitrogen and oxygen atoms in total. The molecule has 2 aromatic heterocycles. The van der Waals surface area contributed by atoms with E-state index in [0.29, 0.717) is 17.5 Å². The number of aromatic nitrogens is 1. The Kier molecular flexibility index (Phi) is 6.42. The maximum absolute atomic E-state index is 12.3. The maximum atomic E-state index is 12.3. The molecule has 6 heteroatoms. The van der Waals surface area contributed by atoms with Crippen LogP contribution in [-0.2, 0) is 4.79 Å². The summed E-state index contributed by atoms with van der Waals surface area (Å²) in [5, 5.41) is 12.0. The van der Waals surface area contributed by atoms with E-state index in [1.165, 1.54) is 10.4 Å². The van der Waals surface area contributed by atoms with E-state index in [-0.39, 0.29) is 18.5 Å². The second-order valence-corrected chi connectivity index (χ2v) is 7.66. The topological polar surface area (TPSA) is 67.2 Å². The number of carbonyl (C=O) groups is 1. The summed E-state index contributed by atoms with van der Waals surface area (Å²) in [5.41, 5.74) is 2.49. The van der Waals surface area contributed by atoms with E-state index in [0.717, 1.165) is 12.0 Å². The van der Waals surface area contributed by atoms with Crippen molar-refractivity contribution >= 4 is 23.1 Å². The summed E-state index contributed by atoms with van der Waals surface area (Å²) in [4.78, 5) is 13.4. The van der Waals surface area contributed by atoms with Gasteiger partial charge < -0.3 is 9.84 Å². The van der Waals surface area contributed by atoms with E-state index in [2.05, 4.69) is 65.3 Å². The molecule has 3 rings (SSSR count). The average Bonchev–Trinajstić information content (AvgIpc) is 3.34. The zero-order chi connectivity index (χ0) is 19.2. The molecule has 0 aliphatic rings. The molecule has 0 unspecified atom stereocenters. The van der Waals surface area contributed by atoms with Crippen LogP contribution in [0, 0.1) is 6.92 Å². The van der Waals surface area contributed by atoms with Gasteiger partial charge in [-0.15, -0.1) is 11.3 Å². The van der Waals surface area contributed by atoms with Gasteiger partial charge in [-0.3, -0.25) is 10.1 Å². The zero-order valence-corrected chi connectivity index (χ0v) is 16.7. The van der Waals surface area contributed by atoms with Crippen LogP contribution in [0.5, 0.6) is 0 Å². The first-order valence-electron chi connectivity index (χ1n) is 9.16. The molecule has 2 atom stereocenters. The predicted molar refractivity (Wildman–Crippen MR) is 109 cm³/mol. The lowest BCUT2D eigenvalue weighted by molar-refractivity contribution is -0.115. The van der Waals surface area contributed by atoms with Crippen molar-refractivity contribution in [1.82, 2.24) is 10.5 Å². The molecule has 27 heavy (non-hydrogen) atoms. The number of hydrogen-bond donors (Lipinski definition) is 2. The van der Waals surface area contributed by atoms with Crippen LogP contribution in [0.1, 0.15) is 54.0 Å². The Labute approximate surface area is 163 Å². The summed E-state index contributed by atoms with van der Waals surface area (Å²) < 4.78 is 4.98. The highest BCUT2D eigenvalue weighted by Crippen LogP contribution is 2.28. The van der Waals surface area contributed by atoms with Crippen molar-refractivity contribution in [2.45, 2.75) is 39.2 Å². The van der Waals surface area contributed by atoms with Crippen LogP contribution < -0.4 is 10.6 Å². The summed E-state index contributed by atoms with van der Waals surface area (Å²) >= 11 is 1.68. The second kappa shape index (κ2) is 8.97. The summed E-state index contributed by atoms with van der Waals surface area (Å²) in [5.74, 6) is 1.49. The number of rotatable bonds is 8. The number of aryl methyl sites for hydroxylation is 1. The molecule has 0 bridgehead atoms. The van der Waals surface area contributed by atoms with Gasteiger partial charge in [-0.1, -0.05) is 49.3 Å². The van der Waals surface area contributed by atoms with Crippen molar-refractivity contribution in [2.75, 3.05) is 11.9 Å². The van der Waals surface area contributed by atoms with Gasteiger partial charge in [0.25, 0.3) is 0 Å². The Bertz CT molecular complexity index is 856. The smallest absolute Gasteiger partial charge is 0.239 e. The van der Waals surface area contributed by atoms with Gasteiger partial charge >= 0.3 is 0 Å². The number of anilines is 1. The lowest BCUT2D eigenvalue weighted by Gasteiger charge is -2.19. The molecule has 2 N–H and O–H groups in total. The number of benzene rings is 1. The fraction of sp³-hybridized carbons (Fsp3) is 0.333. The zero-order valence-electron chi connectivity index (χ0n) is 15.9. The molecule has 0 saturated heterocycles. The molecule has 0 aliphatic carbocycles. The molecule has 0 radical (unpaired) electrons. The monoisotopic (exact) mass is 383 g/mol. The van der Waals surface area contributed by atoms with E-state index in [4.69, 9.17) is 4.52 Å². The van der Waals surface area contributed by atoms with Gasteiger partial charge in [-0.05, 0) is 41.8 Å². The Morgan fingerprint density at radius 3 is 2.56 bits per heavy atom. The van der Waals surface area contributed by atoms with Crippen LogP contribution in [-0.4, -0.2) is 17.6 Å². The normalized spacial score (nSPS) is 13.3. The van der Waals surface area contributed by atoms with E-state index in [1.54, 1.807) is 24.3 Å². The van der Waals surface area contributed by atoms with Gasteiger partial charge in [0.2, 0.25) is 5.91 Å². The highest BCUT2D eigenvalue weighted by atomic mass is 32.1. The third-order valence-corrected chi connectivity index (χ3v) is 5.58. The highest BCUT2D eigenvalue weighted by molar-refractivity contribution is 7.10. The standard InChI is InChI=1S/C21H25N3O2S/c1-4-14(2)16-7-9-17(10-8-16)21(18-6-5-11-27-18)22-13-20(25)23-19-12-15(3)26-24-19/h5-12,14,21-22H,4,13H2,1-3H3,(H,23,24,25)/t14-,21+/m0/s1. The van der Waals surface area contributed by atoms with Gasteiger partial charge in [0.1, 0.15) is 5.76 Å². The summed E-state index contributed by atoms with van der Waals surface area (Å²) in [7, 11) is 0. The van der Waals surface area contributed by atoms with Crippen LogP contribution in [0.3, 0.4) is 0 Å². The number of thiophene rings is 1. The third-order valence-electron chi connectivity index (χ3n) is 4.64. The van der Waals surface area contributed by atoms with Gasteiger partial charge in [-0.2, -0.15) is 0 Å². The summed E-state index contributed by atoms with van der Waals surface area (Å²) in [6, 6.07) is 14.5. The second-order valence-electron chi connectivity index (χ2n) is 6.68. The van der Waals surface area contributed by atoms with Crippen molar-refractivity contribution < 1.29 is 9.32 Å². The minimum absolute atomic E-state index is 0.0271. The van der Waals surface area contributed by atoms with E-state index < -0.39 is 0 Å². The van der Waals surface area contributed by atoms with Gasteiger partial charge in [0.15, 0.2) is 5.82 Å². The number of hydrogen-bond acceptors (Lipinski definition) is 5. The van der Waals surface area contributed by atoms with Crippen LogP contribution in [0.2, 0.25) is 0 Å². The molecule has 3 aromatic rings. The minimum atomic E-state index is -0.152. The number of nitrogens with one attached hydrogen (secondary N) is 2. The molecular weight excluding hydrogens is 358 g/mol. The minimum Gasteiger partial charge on any atom is -0.360 e. The van der Waals surface area contributed by atoms with Crippen molar-refractivity contribution in [2.24, 2.45) is 0 Å². The molecule has 1 aromatic carbocycles. The van der Waals surface area contributed by atoms with Gasteiger partial charge in [0.05, 0.1) is 12.6 Å². The fourth-order valence-corrected chi connectivity index (χ4v) is 3.72. The van der Waals surface area contributed by atoms with Gasteiger partial charge in [0, 0.05) is 10.9 Å². The molecule has 142 valence electrons. The van der Waals surface area contributed by atoms with E-state index >= 15 is 0 Å². The van der Waals surface area contributed by atoms with Crippen LogP contribution in [0.4, 0.5) is 5.82 Å². The van der Waals surface area contributed by atoms with E-state index in [9.17, 15) is 4.79 Å². The number of nitrogens with zero attached hydrogens (tertiary/aromatic N) is 1. The Hall–Kier alpha value is -2.44. The quantitative estimate of drug-likeness (QED) is 0.582. The molecule has 0 fully saturated rings. The number of amides is 1. The summed E-state index contributed by atoms with van der Waals surface area (Å²) in [6.07, 6.45) is 1.12. The van der Waals surface area contributed by atoms with E-state index in [1.807, 2.05) is 6.07 Å². The molecular formula is C21H25N3O2S. The Morgan fingerprint density at radius 1 is 1.22 bits per heavy atom. The first-order chi connectivity index (χ1) is 13.1. The molecule has 0 spiro atoms. The summed E-state index contributed by atoms with van der Waals surface area (Å²) in [6.45, 7) is 6.40. The Morgan fingerprint density at radius 2 is 1.96 bits per heavy atom. The molecule has 1 amide bonds. The maximum Gasteiger partial charge on any atom is 0.239 e. The van der Waals surface area contributed by atoms with Crippen molar-refractivity contribution in [3.8, 4) is 0 Å².